The smallest absolute Gasteiger partial charge is 0.0620 e. The van der Waals surface area contributed by atoms with Crippen molar-refractivity contribution in [2.75, 3.05) is 6.17 Å². The van der Waals surface area contributed by atoms with Gasteiger partial charge in [0.25, 0.3) is 0 Å². The molecule has 0 aliphatic rings. The van der Waals surface area contributed by atoms with Crippen molar-refractivity contribution in [2.24, 2.45) is 5.73 Å². The SMILES string of the molecule is CC[Si](C)(C)CN. The van der Waals surface area contributed by atoms with Gasteiger partial charge >= 0.3 is 0 Å². The standard InChI is InChI=1S/C5H15NSi/c1-4-7(2,3)5-6/h4-6H2,1-3H3. The van der Waals surface area contributed by atoms with Gasteiger partial charge in [-0.15, -0.1) is 0 Å². The summed E-state index contributed by atoms with van der Waals surface area (Å²) in [5.74, 6) is 0. The van der Waals surface area contributed by atoms with Gasteiger partial charge in [0, 0.05) is 0 Å². The molecule has 0 aromatic heterocycles. The third-order valence-corrected chi connectivity index (χ3v) is 4.53. The van der Waals surface area contributed by atoms with Gasteiger partial charge in [-0.25, -0.2) is 0 Å². The van der Waals surface area contributed by atoms with Crippen molar-refractivity contribution in [2.45, 2.75) is 26.1 Å². The number of hydrogen-bond donors (Lipinski definition) is 1. The Balaban J connectivity index is 3.36. The summed E-state index contributed by atoms with van der Waals surface area (Å²) in [5.41, 5.74) is 5.48. The molecular weight excluding hydrogens is 102 g/mol. The summed E-state index contributed by atoms with van der Waals surface area (Å²) in [5, 5.41) is 0. The summed E-state index contributed by atoms with van der Waals surface area (Å²) in [6, 6.07) is 1.31. The van der Waals surface area contributed by atoms with Crippen LogP contribution in [0.3, 0.4) is 0 Å². The molecule has 7 heavy (non-hydrogen) atoms. The third kappa shape index (κ3) is 2.82. The molecule has 0 radical (unpaired) electrons. The molecule has 0 atom stereocenters. The van der Waals surface area contributed by atoms with Gasteiger partial charge in [0.1, 0.15) is 0 Å². The highest BCUT2D eigenvalue weighted by Crippen LogP contribution is 2.03. The van der Waals surface area contributed by atoms with E-state index < -0.39 is 8.07 Å². The van der Waals surface area contributed by atoms with E-state index in [-0.39, 0.29) is 0 Å². The van der Waals surface area contributed by atoms with Gasteiger partial charge in [-0.2, -0.15) is 0 Å². The van der Waals surface area contributed by atoms with Crippen LogP contribution in [-0.4, -0.2) is 14.2 Å². The van der Waals surface area contributed by atoms with E-state index in [2.05, 4.69) is 20.0 Å². The van der Waals surface area contributed by atoms with Crippen LogP contribution in [0.4, 0.5) is 0 Å². The lowest BCUT2D eigenvalue weighted by Crippen LogP contribution is -2.34. The molecule has 0 spiro atoms. The molecule has 2 heteroatoms. The second-order valence-corrected chi connectivity index (χ2v) is 8.17. The van der Waals surface area contributed by atoms with Crippen molar-refractivity contribution in [3.63, 3.8) is 0 Å². The molecule has 0 amide bonds. The van der Waals surface area contributed by atoms with Crippen molar-refractivity contribution < 1.29 is 0 Å². The van der Waals surface area contributed by atoms with Crippen LogP contribution in [0.5, 0.6) is 0 Å². The summed E-state index contributed by atoms with van der Waals surface area (Å²) in [6.07, 6.45) is 0.934. The highest BCUT2D eigenvalue weighted by molar-refractivity contribution is 6.77. The van der Waals surface area contributed by atoms with Crippen molar-refractivity contribution >= 4 is 8.07 Å². The second-order valence-electron chi connectivity index (χ2n) is 2.72. The molecule has 0 aliphatic heterocycles. The third-order valence-electron chi connectivity index (χ3n) is 1.51. The first-order valence-corrected chi connectivity index (χ1v) is 6.24. The summed E-state index contributed by atoms with van der Waals surface area (Å²) >= 11 is 0. The van der Waals surface area contributed by atoms with Crippen molar-refractivity contribution in [1.82, 2.24) is 0 Å². The maximum absolute atomic E-state index is 5.48. The van der Waals surface area contributed by atoms with E-state index >= 15 is 0 Å². The molecule has 0 saturated carbocycles. The summed E-state index contributed by atoms with van der Waals surface area (Å²) < 4.78 is 0. The van der Waals surface area contributed by atoms with E-state index in [9.17, 15) is 0 Å². The Morgan fingerprint density at radius 2 is 1.86 bits per heavy atom. The number of nitrogens with two attached hydrogens (primary N) is 1. The predicted octanol–water partition coefficient (Wildman–Crippen LogP) is 1.21. The van der Waals surface area contributed by atoms with Gasteiger partial charge in [-0.1, -0.05) is 26.1 Å². The highest BCUT2D eigenvalue weighted by atomic mass is 28.3. The second kappa shape index (κ2) is 2.48. The van der Waals surface area contributed by atoms with Crippen LogP contribution in [0.25, 0.3) is 0 Å². The first kappa shape index (κ1) is 7.18. The van der Waals surface area contributed by atoms with E-state index in [4.69, 9.17) is 5.73 Å². The van der Waals surface area contributed by atoms with Gasteiger partial charge < -0.3 is 5.73 Å². The Bertz CT molecular complexity index is 46.0. The van der Waals surface area contributed by atoms with Crippen LogP contribution < -0.4 is 5.73 Å². The predicted molar refractivity (Wildman–Crippen MR) is 37.0 cm³/mol. The molecule has 0 aromatic carbocycles. The van der Waals surface area contributed by atoms with E-state index in [1.165, 1.54) is 6.04 Å². The van der Waals surface area contributed by atoms with Crippen LogP contribution in [-0.2, 0) is 0 Å². The molecular formula is C5H15NSi. The van der Waals surface area contributed by atoms with Crippen LogP contribution >= 0.6 is 0 Å². The Labute approximate surface area is 46.9 Å². The van der Waals surface area contributed by atoms with Crippen LogP contribution in [0.2, 0.25) is 19.1 Å². The van der Waals surface area contributed by atoms with Gasteiger partial charge in [-0.3, -0.25) is 0 Å². The normalized spacial score (nSPS) is 12.0. The fourth-order valence-electron chi connectivity index (χ4n) is 0.144. The van der Waals surface area contributed by atoms with Gasteiger partial charge in [0.05, 0.1) is 8.07 Å². The Morgan fingerprint density at radius 3 is 1.86 bits per heavy atom. The van der Waals surface area contributed by atoms with Crippen molar-refractivity contribution in [3.8, 4) is 0 Å². The average molecular weight is 117 g/mol. The molecule has 1 nitrogen and oxygen atoms in total. The zero-order valence-corrected chi connectivity index (χ0v) is 6.49. The molecule has 0 rings (SSSR count). The maximum atomic E-state index is 5.48. The topological polar surface area (TPSA) is 26.0 Å². The lowest BCUT2D eigenvalue weighted by atomic mass is 11.0. The average Bonchev–Trinajstić information content (AvgIpc) is 1.68. The molecule has 44 valence electrons. The quantitative estimate of drug-likeness (QED) is 0.541. The Hall–Kier alpha value is 0.177. The van der Waals surface area contributed by atoms with Gasteiger partial charge in [0.2, 0.25) is 0 Å². The minimum atomic E-state index is -0.873. The van der Waals surface area contributed by atoms with Crippen LogP contribution in [0, 0.1) is 0 Å². The number of rotatable bonds is 2. The molecule has 0 fully saturated rings. The monoisotopic (exact) mass is 117 g/mol. The molecule has 2 N–H and O–H groups in total. The van der Waals surface area contributed by atoms with Gasteiger partial charge in [-0.05, 0) is 6.17 Å². The van der Waals surface area contributed by atoms with Crippen molar-refractivity contribution in [3.05, 3.63) is 0 Å². The molecule has 0 bridgehead atoms. The zero-order valence-electron chi connectivity index (χ0n) is 5.49. The first-order chi connectivity index (χ1) is 3.12. The molecule has 0 unspecified atom stereocenters. The largest absolute Gasteiger partial charge is 0.333 e. The maximum Gasteiger partial charge on any atom is 0.0620 e. The van der Waals surface area contributed by atoms with E-state index in [1.807, 2.05) is 0 Å². The Morgan fingerprint density at radius 1 is 1.43 bits per heavy atom. The molecule has 0 saturated heterocycles. The first-order valence-electron chi connectivity index (χ1n) is 2.82. The molecule has 0 heterocycles. The van der Waals surface area contributed by atoms with Crippen LogP contribution in [0.15, 0.2) is 0 Å². The Kier molecular flexibility index (Phi) is 2.54. The lowest BCUT2D eigenvalue weighted by molar-refractivity contribution is 1.22. The fourth-order valence-corrected chi connectivity index (χ4v) is 0.433. The van der Waals surface area contributed by atoms with Gasteiger partial charge in [0.15, 0.2) is 0 Å². The summed E-state index contributed by atoms with van der Waals surface area (Å²) in [6.45, 7) is 6.85. The fraction of sp³-hybridized carbons (Fsp3) is 1.00. The molecule has 0 aliphatic carbocycles. The summed E-state index contributed by atoms with van der Waals surface area (Å²) in [7, 11) is -0.873. The summed E-state index contributed by atoms with van der Waals surface area (Å²) in [4.78, 5) is 0. The lowest BCUT2D eigenvalue weighted by Gasteiger charge is -2.15. The van der Waals surface area contributed by atoms with Crippen LogP contribution in [0.1, 0.15) is 6.92 Å². The van der Waals surface area contributed by atoms with E-state index in [0.29, 0.717) is 0 Å². The number of hydrogen-bond acceptors (Lipinski definition) is 1. The molecule has 0 aromatic rings. The minimum Gasteiger partial charge on any atom is -0.333 e. The van der Waals surface area contributed by atoms with E-state index in [1.54, 1.807) is 0 Å². The van der Waals surface area contributed by atoms with Crippen molar-refractivity contribution in [1.29, 1.82) is 0 Å². The minimum absolute atomic E-state index is 0.873. The highest BCUT2D eigenvalue weighted by Gasteiger charge is 2.13. The van der Waals surface area contributed by atoms with E-state index in [0.717, 1.165) is 6.17 Å². The zero-order chi connectivity index (χ0) is 5.91.